The Bertz CT molecular complexity index is 321. The van der Waals surface area contributed by atoms with Crippen molar-refractivity contribution in [2.75, 3.05) is 20.1 Å². The number of carbonyl (C=O) groups excluding carboxylic acids is 1. The molecule has 104 valence electrons. The van der Waals surface area contributed by atoms with Crippen LogP contribution >= 0.6 is 0 Å². The number of alkyl halides is 3. The first-order chi connectivity index (χ1) is 8.29. The Balaban J connectivity index is 1.98. The van der Waals surface area contributed by atoms with Crippen LogP contribution in [-0.2, 0) is 4.79 Å². The average molecular weight is 266 g/mol. The highest BCUT2D eigenvalue weighted by atomic mass is 19.4. The molecule has 18 heavy (non-hydrogen) atoms. The van der Waals surface area contributed by atoms with E-state index in [9.17, 15) is 18.0 Å². The van der Waals surface area contributed by atoms with E-state index in [1.165, 1.54) is 0 Å². The molecule has 0 spiro atoms. The highest BCUT2D eigenvalue weighted by Gasteiger charge is 2.45. The SMILES string of the molecule is CN1CC2CCC(C1)N2C(=O)CC(O)C(F)(F)F. The van der Waals surface area contributed by atoms with Crippen LogP contribution in [0.1, 0.15) is 19.3 Å². The van der Waals surface area contributed by atoms with E-state index in [4.69, 9.17) is 5.11 Å². The number of nitrogens with zero attached hydrogens (tertiary/aromatic N) is 2. The lowest BCUT2D eigenvalue weighted by Crippen LogP contribution is -2.55. The van der Waals surface area contributed by atoms with Gasteiger partial charge in [-0.1, -0.05) is 0 Å². The molecule has 3 unspecified atom stereocenters. The van der Waals surface area contributed by atoms with Crippen molar-refractivity contribution >= 4 is 5.91 Å². The first-order valence-electron chi connectivity index (χ1n) is 6.03. The Kier molecular flexibility index (Phi) is 3.55. The van der Waals surface area contributed by atoms with Gasteiger partial charge in [-0.25, -0.2) is 0 Å². The maximum absolute atomic E-state index is 12.2. The first kappa shape index (κ1) is 13.6. The van der Waals surface area contributed by atoms with E-state index in [1.54, 1.807) is 4.90 Å². The summed E-state index contributed by atoms with van der Waals surface area (Å²) in [7, 11) is 1.94. The fourth-order valence-corrected chi connectivity index (χ4v) is 2.91. The van der Waals surface area contributed by atoms with Crippen LogP contribution in [0.25, 0.3) is 0 Å². The largest absolute Gasteiger partial charge is 0.414 e. The van der Waals surface area contributed by atoms with Gasteiger partial charge in [-0.2, -0.15) is 13.2 Å². The van der Waals surface area contributed by atoms with Crippen LogP contribution in [0.5, 0.6) is 0 Å². The lowest BCUT2D eigenvalue weighted by Gasteiger charge is -2.40. The minimum absolute atomic E-state index is 0.00156. The molecular formula is C11H17F3N2O2. The number of amides is 1. The zero-order chi connectivity index (χ0) is 13.5. The van der Waals surface area contributed by atoms with Gasteiger partial charge in [0, 0.05) is 25.2 Å². The monoisotopic (exact) mass is 266 g/mol. The van der Waals surface area contributed by atoms with Crippen LogP contribution < -0.4 is 0 Å². The molecule has 2 saturated heterocycles. The van der Waals surface area contributed by atoms with E-state index in [1.807, 2.05) is 7.05 Å². The minimum atomic E-state index is -4.72. The van der Waals surface area contributed by atoms with Gasteiger partial charge in [-0.15, -0.1) is 0 Å². The summed E-state index contributed by atoms with van der Waals surface area (Å²) in [6.07, 6.45) is -6.46. The number of likely N-dealkylation sites (N-methyl/N-ethyl adjacent to an activating group) is 1. The summed E-state index contributed by atoms with van der Waals surface area (Å²) >= 11 is 0. The molecule has 2 aliphatic rings. The number of aliphatic hydroxyl groups is 1. The second-order valence-electron chi connectivity index (χ2n) is 5.17. The molecule has 4 nitrogen and oxygen atoms in total. The lowest BCUT2D eigenvalue weighted by atomic mass is 10.1. The number of likely N-dealkylation sites (tertiary alicyclic amines) is 1. The van der Waals surface area contributed by atoms with Crippen molar-refractivity contribution in [2.45, 2.75) is 43.6 Å². The van der Waals surface area contributed by atoms with Crippen LogP contribution in [0.2, 0.25) is 0 Å². The molecule has 7 heteroatoms. The molecule has 0 aromatic carbocycles. The molecule has 0 saturated carbocycles. The van der Waals surface area contributed by atoms with E-state index >= 15 is 0 Å². The highest BCUT2D eigenvalue weighted by Crippen LogP contribution is 2.31. The summed E-state index contributed by atoms with van der Waals surface area (Å²) in [6.45, 7) is 1.40. The van der Waals surface area contributed by atoms with Gasteiger partial charge in [0.05, 0.1) is 6.42 Å². The Hall–Kier alpha value is -0.820. The Morgan fingerprint density at radius 3 is 2.28 bits per heavy atom. The normalized spacial score (nSPS) is 30.6. The maximum atomic E-state index is 12.2. The smallest absolute Gasteiger partial charge is 0.383 e. The van der Waals surface area contributed by atoms with Gasteiger partial charge in [-0.3, -0.25) is 4.79 Å². The van der Waals surface area contributed by atoms with Crippen molar-refractivity contribution in [1.29, 1.82) is 0 Å². The van der Waals surface area contributed by atoms with Crippen LogP contribution in [0.4, 0.5) is 13.2 Å². The number of hydrogen-bond donors (Lipinski definition) is 1. The number of hydrogen-bond acceptors (Lipinski definition) is 3. The minimum Gasteiger partial charge on any atom is -0.383 e. The Morgan fingerprint density at radius 1 is 1.33 bits per heavy atom. The highest BCUT2D eigenvalue weighted by molar-refractivity contribution is 5.78. The molecule has 0 radical (unpaired) electrons. The molecule has 0 aliphatic carbocycles. The van der Waals surface area contributed by atoms with Crippen LogP contribution in [0.3, 0.4) is 0 Å². The van der Waals surface area contributed by atoms with Crippen molar-refractivity contribution < 1.29 is 23.1 Å². The molecule has 1 N–H and O–H groups in total. The summed E-state index contributed by atoms with van der Waals surface area (Å²) in [6, 6.07) is 0.00312. The molecule has 0 aromatic rings. The van der Waals surface area contributed by atoms with Gasteiger partial charge >= 0.3 is 6.18 Å². The van der Waals surface area contributed by atoms with Gasteiger partial charge in [-0.05, 0) is 19.9 Å². The standard InChI is InChI=1S/C11H17F3N2O2/c1-15-5-7-2-3-8(6-15)16(7)10(18)4-9(17)11(12,13)14/h7-9,17H,2-6H2,1H3. The van der Waals surface area contributed by atoms with E-state index in [2.05, 4.69) is 4.90 Å². The third-order valence-corrected chi connectivity index (χ3v) is 3.70. The number of carbonyl (C=O) groups is 1. The van der Waals surface area contributed by atoms with Gasteiger partial charge in [0.1, 0.15) is 0 Å². The van der Waals surface area contributed by atoms with Gasteiger partial charge in [0.15, 0.2) is 6.10 Å². The molecule has 2 aliphatic heterocycles. The number of halogens is 3. The molecule has 0 aromatic heterocycles. The van der Waals surface area contributed by atoms with Crippen LogP contribution in [0.15, 0.2) is 0 Å². The van der Waals surface area contributed by atoms with Gasteiger partial charge < -0.3 is 14.9 Å². The lowest BCUT2D eigenvalue weighted by molar-refractivity contribution is -0.208. The fourth-order valence-electron chi connectivity index (χ4n) is 2.91. The molecule has 1 amide bonds. The number of fused-ring (bicyclic) bond motifs is 2. The average Bonchev–Trinajstić information content (AvgIpc) is 2.50. The molecule has 2 fully saturated rings. The van der Waals surface area contributed by atoms with Crippen molar-refractivity contribution in [2.24, 2.45) is 0 Å². The van der Waals surface area contributed by atoms with E-state index in [-0.39, 0.29) is 12.1 Å². The molecule has 2 rings (SSSR count). The fraction of sp³-hybridized carbons (Fsp3) is 0.909. The topological polar surface area (TPSA) is 43.8 Å². The second-order valence-corrected chi connectivity index (χ2v) is 5.17. The maximum Gasteiger partial charge on any atom is 0.414 e. The summed E-state index contributed by atoms with van der Waals surface area (Å²) < 4.78 is 36.7. The van der Waals surface area contributed by atoms with E-state index in [0.29, 0.717) is 13.1 Å². The van der Waals surface area contributed by atoms with Crippen molar-refractivity contribution in [3.8, 4) is 0 Å². The number of piperazine rings is 1. The van der Waals surface area contributed by atoms with Gasteiger partial charge in [0.2, 0.25) is 5.91 Å². The molecule has 3 atom stereocenters. The van der Waals surface area contributed by atoms with E-state index < -0.39 is 24.6 Å². The third-order valence-electron chi connectivity index (χ3n) is 3.70. The second kappa shape index (κ2) is 4.70. The predicted molar refractivity (Wildman–Crippen MR) is 57.8 cm³/mol. The molecule has 2 heterocycles. The predicted octanol–water partition coefficient (Wildman–Crippen LogP) is 0.605. The zero-order valence-electron chi connectivity index (χ0n) is 10.2. The first-order valence-corrected chi connectivity index (χ1v) is 6.03. The van der Waals surface area contributed by atoms with Crippen molar-refractivity contribution in [3.63, 3.8) is 0 Å². The van der Waals surface area contributed by atoms with E-state index in [0.717, 1.165) is 12.8 Å². The van der Waals surface area contributed by atoms with Crippen LogP contribution in [-0.4, -0.2) is 65.3 Å². The third kappa shape index (κ3) is 2.61. The number of aliphatic hydroxyl groups excluding tert-OH is 1. The van der Waals surface area contributed by atoms with Crippen LogP contribution in [0, 0.1) is 0 Å². The molecular weight excluding hydrogens is 249 g/mol. The van der Waals surface area contributed by atoms with Crippen molar-refractivity contribution in [3.05, 3.63) is 0 Å². The van der Waals surface area contributed by atoms with Gasteiger partial charge in [0.25, 0.3) is 0 Å². The zero-order valence-corrected chi connectivity index (χ0v) is 10.2. The summed E-state index contributed by atoms with van der Waals surface area (Å²) in [5, 5.41) is 8.95. The Morgan fingerprint density at radius 2 is 1.83 bits per heavy atom. The summed E-state index contributed by atoms with van der Waals surface area (Å²) in [5.74, 6) is -0.583. The molecule has 2 bridgehead atoms. The summed E-state index contributed by atoms with van der Waals surface area (Å²) in [5.41, 5.74) is 0. The van der Waals surface area contributed by atoms with Crippen molar-refractivity contribution in [1.82, 2.24) is 9.80 Å². The quantitative estimate of drug-likeness (QED) is 0.796. The Labute approximate surface area is 103 Å². The summed E-state index contributed by atoms with van der Waals surface area (Å²) in [4.78, 5) is 15.5. The number of rotatable bonds is 2.